The van der Waals surface area contributed by atoms with Crippen molar-refractivity contribution in [2.75, 3.05) is 4.90 Å². The first-order chi connectivity index (χ1) is 25.8. The van der Waals surface area contributed by atoms with Gasteiger partial charge in [0.2, 0.25) is 0 Å². The van der Waals surface area contributed by atoms with Gasteiger partial charge in [0.1, 0.15) is 11.2 Å². The standard InChI is InChI=1S/C48H28N2OS/c1-4-13-42-34(8-1)37-11-7-12-38-39-26-30(18-23-43(39)50(42)48(37)38)29-16-19-31(20-17-29)49(32-21-24-45-40(27-32)35-9-2-5-14-44(35)51-45)33-22-25-47-41(28-33)36-10-3-6-15-46(36)52-47/h1-28H. The lowest BCUT2D eigenvalue weighted by atomic mass is 10.0. The van der Waals surface area contributed by atoms with Crippen molar-refractivity contribution in [2.45, 2.75) is 0 Å². The van der Waals surface area contributed by atoms with Gasteiger partial charge in [0.05, 0.1) is 16.6 Å². The maximum atomic E-state index is 6.23. The average Bonchev–Trinajstić information content (AvgIpc) is 3.95. The number of thiophene rings is 1. The van der Waals surface area contributed by atoms with Crippen molar-refractivity contribution in [1.82, 2.24) is 4.40 Å². The van der Waals surface area contributed by atoms with E-state index in [1.807, 2.05) is 23.5 Å². The number of hydrogen-bond acceptors (Lipinski definition) is 3. The maximum absolute atomic E-state index is 6.23. The number of nitrogens with zero attached hydrogens (tertiary/aromatic N) is 2. The Bertz CT molecular complexity index is 3250. The molecule has 0 aliphatic rings. The van der Waals surface area contributed by atoms with Crippen LogP contribution in [0.4, 0.5) is 17.1 Å². The smallest absolute Gasteiger partial charge is 0.135 e. The van der Waals surface area contributed by atoms with Crippen molar-refractivity contribution >= 4 is 109 Å². The minimum Gasteiger partial charge on any atom is -0.456 e. The van der Waals surface area contributed by atoms with Gasteiger partial charge >= 0.3 is 0 Å². The molecule has 12 rings (SSSR count). The molecule has 3 nitrogen and oxygen atoms in total. The van der Waals surface area contributed by atoms with Crippen LogP contribution >= 0.6 is 11.3 Å². The van der Waals surface area contributed by atoms with E-state index in [4.69, 9.17) is 4.42 Å². The van der Waals surface area contributed by atoms with Crippen LogP contribution in [0.3, 0.4) is 0 Å². The van der Waals surface area contributed by atoms with Gasteiger partial charge in [0.25, 0.3) is 0 Å². The quantitative estimate of drug-likeness (QED) is 0.184. The van der Waals surface area contributed by atoms with E-state index in [-0.39, 0.29) is 0 Å². The fraction of sp³-hybridized carbons (Fsp3) is 0. The second kappa shape index (κ2) is 10.5. The first kappa shape index (κ1) is 28.1. The predicted molar refractivity (Wildman–Crippen MR) is 221 cm³/mol. The Morgan fingerprint density at radius 2 is 1.00 bits per heavy atom. The lowest BCUT2D eigenvalue weighted by molar-refractivity contribution is 0.669. The molecule has 0 radical (unpaired) electrons. The third kappa shape index (κ3) is 3.90. The molecular formula is C48H28N2OS. The van der Waals surface area contributed by atoms with Gasteiger partial charge in [-0.25, -0.2) is 0 Å². The Morgan fingerprint density at radius 3 is 1.88 bits per heavy atom. The topological polar surface area (TPSA) is 20.8 Å². The zero-order valence-corrected chi connectivity index (χ0v) is 28.7. The van der Waals surface area contributed by atoms with E-state index in [1.165, 1.54) is 69.4 Å². The van der Waals surface area contributed by atoms with Crippen LogP contribution in [0.15, 0.2) is 174 Å². The molecule has 4 aromatic heterocycles. The molecule has 0 aliphatic carbocycles. The van der Waals surface area contributed by atoms with Crippen LogP contribution in [0.5, 0.6) is 0 Å². The summed E-state index contributed by atoms with van der Waals surface area (Å²) >= 11 is 1.85. The van der Waals surface area contributed by atoms with Gasteiger partial charge in [-0.1, -0.05) is 91.0 Å². The molecule has 0 amide bonds. The molecule has 0 unspecified atom stereocenters. The van der Waals surface area contributed by atoms with Crippen LogP contribution in [-0.2, 0) is 0 Å². The lowest BCUT2D eigenvalue weighted by Gasteiger charge is -2.26. The molecule has 242 valence electrons. The van der Waals surface area contributed by atoms with Crippen molar-refractivity contribution in [1.29, 1.82) is 0 Å². The molecule has 0 atom stereocenters. The van der Waals surface area contributed by atoms with Gasteiger partial charge in [-0.3, -0.25) is 0 Å². The molecule has 8 aromatic carbocycles. The maximum Gasteiger partial charge on any atom is 0.135 e. The predicted octanol–water partition coefficient (Wildman–Crippen LogP) is 14.2. The molecule has 0 saturated heterocycles. The van der Waals surface area contributed by atoms with Crippen molar-refractivity contribution in [3.05, 3.63) is 170 Å². The monoisotopic (exact) mass is 680 g/mol. The molecule has 0 aliphatic heterocycles. The summed E-state index contributed by atoms with van der Waals surface area (Å²) < 4.78 is 11.3. The highest BCUT2D eigenvalue weighted by molar-refractivity contribution is 7.25. The number of aromatic nitrogens is 1. The van der Waals surface area contributed by atoms with Crippen molar-refractivity contribution in [3.63, 3.8) is 0 Å². The Balaban J connectivity index is 1.02. The molecular weight excluding hydrogens is 653 g/mol. The minimum atomic E-state index is 0.895. The molecule has 0 saturated carbocycles. The van der Waals surface area contributed by atoms with Crippen LogP contribution in [-0.4, -0.2) is 4.40 Å². The molecule has 0 fully saturated rings. The number of hydrogen-bond donors (Lipinski definition) is 0. The Labute approximate surface area is 302 Å². The molecule has 4 heteroatoms. The molecule has 4 heterocycles. The third-order valence-electron chi connectivity index (χ3n) is 10.9. The molecule has 0 bridgehead atoms. The summed E-state index contributed by atoms with van der Waals surface area (Å²) in [5.41, 5.74) is 11.3. The van der Waals surface area contributed by atoms with E-state index >= 15 is 0 Å². The van der Waals surface area contributed by atoms with E-state index in [9.17, 15) is 0 Å². The van der Waals surface area contributed by atoms with Gasteiger partial charge in [-0.15, -0.1) is 11.3 Å². The van der Waals surface area contributed by atoms with Gasteiger partial charge in [0, 0.05) is 69.6 Å². The number of furan rings is 1. The van der Waals surface area contributed by atoms with Gasteiger partial charge < -0.3 is 13.7 Å². The molecule has 0 spiro atoms. The number of rotatable bonds is 4. The largest absolute Gasteiger partial charge is 0.456 e. The minimum absolute atomic E-state index is 0.895. The molecule has 12 aromatic rings. The first-order valence-corrected chi connectivity index (χ1v) is 18.5. The SMILES string of the molecule is c1ccc2c(c1)oc1ccc(N(c3ccc(-c4ccc5c(c4)c4cccc6c7ccccc7n5c64)cc3)c3ccc4sc5ccccc5c4c3)cc12. The van der Waals surface area contributed by atoms with Crippen LogP contribution in [0.25, 0.3) is 91.3 Å². The third-order valence-corrected chi connectivity index (χ3v) is 12.1. The van der Waals surface area contributed by atoms with E-state index in [0.29, 0.717) is 0 Å². The summed E-state index contributed by atoms with van der Waals surface area (Å²) in [6, 6.07) is 61.8. The summed E-state index contributed by atoms with van der Waals surface area (Å²) in [5, 5.41) is 10.0. The number of fused-ring (bicyclic) bond motifs is 12. The molecule has 0 N–H and O–H groups in total. The highest BCUT2D eigenvalue weighted by Crippen LogP contribution is 2.44. The Morgan fingerprint density at radius 1 is 0.385 bits per heavy atom. The van der Waals surface area contributed by atoms with Crippen LogP contribution in [0, 0.1) is 0 Å². The summed E-state index contributed by atoms with van der Waals surface area (Å²) in [6.45, 7) is 0. The van der Waals surface area contributed by atoms with Crippen molar-refractivity contribution < 1.29 is 4.42 Å². The van der Waals surface area contributed by atoms with Crippen molar-refractivity contribution in [3.8, 4) is 11.1 Å². The molecule has 52 heavy (non-hydrogen) atoms. The second-order valence-electron chi connectivity index (χ2n) is 13.7. The normalized spacial score (nSPS) is 12.2. The fourth-order valence-corrected chi connectivity index (χ4v) is 9.66. The number of para-hydroxylation sites is 3. The second-order valence-corrected chi connectivity index (χ2v) is 14.8. The average molecular weight is 681 g/mol. The van der Waals surface area contributed by atoms with Gasteiger partial charge in [0.15, 0.2) is 0 Å². The van der Waals surface area contributed by atoms with E-state index in [1.54, 1.807) is 0 Å². The number of anilines is 3. The van der Waals surface area contributed by atoms with Crippen LogP contribution in [0.1, 0.15) is 0 Å². The lowest BCUT2D eigenvalue weighted by Crippen LogP contribution is -2.09. The summed E-state index contributed by atoms with van der Waals surface area (Å²) in [4.78, 5) is 2.37. The number of benzene rings is 8. The highest BCUT2D eigenvalue weighted by atomic mass is 32.1. The van der Waals surface area contributed by atoms with E-state index in [2.05, 4.69) is 167 Å². The summed E-state index contributed by atoms with van der Waals surface area (Å²) in [5.74, 6) is 0. The first-order valence-electron chi connectivity index (χ1n) is 17.7. The summed E-state index contributed by atoms with van der Waals surface area (Å²) in [6.07, 6.45) is 0. The highest BCUT2D eigenvalue weighted by Gasteiger charge is 2.19. The van der Waals surface area contributed by atoms with Crippen LogP contribution < -0.4 is 4.90 Å². The Kier molecular flexibility index (Phi) is 5.65. The summed E-state index contributed by atoms with van der Waals surface area (Å²) in [7, 11) is 0. The fourth-order valence-electron chi connectivity index (χ4n) is 8.57. The van der Waals surface area contributed by atoms with E-state index in [0.717, 1.165) is 39.0 Å². The zero-order chi connectivity index (χ0) is 33.9. The van der Waals surface area contributed by atoms with E-state index < -0.39 is 0 Å². The van der Waals surface area contributed by atoms with Crippen molar-refractivity contribution in [2.24, 2.45) is 0 Å². The zero-order valence-electron chi connectivity index (χ0n) is 27.9. The Hall–Kier alpha value is -6.62. The van der Waals surface area contributed by atoms with Gasteiger partial charge in [-0.05, 0) is 90.0 Å². The van der Waals surface area contributed by atoms with Crippen LogP contribution in [0.2, 0.25) is 0 Å². The van der Waals surface area contributed by atoms with Gasteiger partial charge in [-0.2, -0.15) is 0 Å².